The molecule has 0 aliphatic carbocycles. The van der Waals surface area contributed by atoms with Gasteiger partial charge in [-0.15, -0.1) is 0 Å². The fourth-order valence-electron chi connectivity index (χ4n) is 3.44. The number of aromatic nitrogens is 1. The number of rotatable bonds is 5. The molecule has 0 N–H and O–H groups in total. The van der Waals surface area contributed by atoms with Crippen molar-refractivity contribution in [2.75, 3.05) is 18.1 Å². The number of carbonyl (C=O) groups excluding carboxylic acids is 1. The van der Waals surface area contributed by atoms with Crippen molar-refractivity contribution in [3.63, 3.8) is 0 Å². The highest BCUT2D eigenvalue weighted by Crippen LogP contribution is 2.34. The second-order valence-corrected chi connectivity index (χ2v) is 10.1. The smallest absolute Gasteiger partial charge is 0.202 e. The number of hydrogen-bond donors (Lipinski definition) is 0. The summed E-state index contributed by atoms with van der Waals surface area (Å²) in [7, 11) is -3.02. The Hall–Kier alpha value is -1.21. The zero-order valence-corrected chi connectivity index (χ0v) is 17.8. The van der Waals surface area contributed by atoms with Crippen LogP contribution in [0.1, 0.15) is 34.2 Å². The van der Waals surface area contributed by atoms with Crippen molar-refractivity contribution in [1.29, 1.82) is 0 Å². The molecular weight excluding hydrogens is 433 g/mol. The van der Waals surface area contributed by atoms with Crippen molar-refractivity contribution in [1.82, 2.24) is 4.57 Å². The van der Waals surface area contributed by atoms with Crippen LogP contribution in [0.25, 0.3) is 0 Å². The highest BCUT2D eigenvalue weighted by Gasteiger charge is 2.31. The van der Waals surface area contributed by atoms with E-state index in [9.17, 15) is 13.2 Å². The summed E-state index contributed by atoms with van der Waals surface area (Å²) in [6.45, 7) is 3.47. The predicted octanol–water partition coefficient (Wildman–Crippen LogP) is 4.69. The van der Waals surface area contributed by atoms with Gasteiger partial charge in [-0.3, -0.25) is 4.79 Å². The molecule has 1 aliphatic rings. The highest BCUT2D eigenvalue weighted by atomic mass is 35.5. The number of hydrogen-bond acceptors (Lipinski definition) is 4. The van der Waals surface area contributed by atoms with E-state index in [0.29, 0.717) is 17.0 Å². The van der Waals surface area contributed by atoms with Gasteiger partial charge in [0.2, 0.25) is 5.78 Å². The molecule has 0 spiro atoms. The summed E-state index contributed by atoms with van der Waals surface area (Å²) in [5.41, 5.74) is 2.10. The Morgan fingerprint density at radius 2 is 1.81 bits per heavy atom. The molecule has 1 aromatic heterocycles. The van der Waals surface area contributed by atoms with Crippen LogP contribution in [0.3, 0.4) is 0 Å². The molecule has 0 radical (unpaired) electrons. The van der Waals surface area contributed by atoms with Crippen LogP contribution in [0, 0.1) is 13.8 Å². The lowest BCUT2D eigenvalue weighted by molar-refractivity contribution is 0.0921. The largest absolute Gasteiger partial charge is 0.484 e. The van der Waals surface area contributed by atoms with Crippen molar-refractivity contribution in [2.24, 2.45) is 0 Å². The van der Waals surface area contributed by atoms with E-state index >= 15 is 0 Å². The van der Waals surface area contributed by atoms with Gasteiger partial charge in [0.25, 0.3) is 0 Å². The summed E-state index contributed by atoms with van der Waals surface area (Å²) < 4.78 is 31.0. The lowest BCUT2D eigenvalue weighted by Crippen LogP contribution is -2.16. The molecule has 146 valence electrons. The molecule has 2 aromatic rings. The van der Waals surface area contributed by atoms with Gasteiger partial charge in [-0.1, -0.05) is 34.8 Å². The maximum Gasteiger partial charge on any atom is 0.202 e. The average Bonchev–Trinajstić information content (AvgIpc) is 3.08. The van der Waals surface area contributed by atoms with Crippen LogP contribution >= 0.6 is 34.8 Å². The molecule has 1 atom stereocenters. The SMILES string of the molecule is Cc1cc(C(=O)COc2cc(Cl)c(Cl)cc2Cl)c(C)n1C1CCS(=O)(=O)C1. The van der Waals surface area contributed by atoms with Crippen molar-refractivity contribution in [2.45, 2.75) is 26.3 Å². The van der Waals surface area contributed by atoms with Crippen LogP contribution in [-0.4, -0.2) is 36.9 Å². The molecule has 0 saturated carbocycles. The molecule has 5 nitrogen and oxygen atoms in total. The normalized spacial score (nSPS) is 18.6. The van der Waals surface area contributed by atoms with Crippen LogP contribution in [0.4, 0.5) is 0 Å². The van der Waals surface area contributed by atoms with Crippen LogP contribution in [0.15, 0.2) is 18.2 Å². The average molecular weight is 451 g/mol. The van der Waals surface area contributed by atoms with E-state index in [2.05, 4.69) is 0 Å². The zero-order chi connectivity index (χ0) is 19.9. The number of halogens is 3. The summed E-state index contributed by atoms with van der Waals surface area (Å²) in [5, 5.41) is 0.846. The fraction of sp³-hybridized carbons (Fsp3) is 0.389. The molecular formula is C18H18Cl3NO4S. The Morgan fingerprint density at radius 1 is 1.15 bits per heavy atom. The van der Waals surface area contributed by atoms with Crippen molar-refractivity contribution in [3.8, 4) is 5.75 Å². The minimum Gasteiger partial charge on any atom is -0.484 e. The lowest BCUT2D eigenvalue weighted by Gasteiger charge is -2.16. The minimum atomic E-state index is -3.02. The third-order valence-electron chi connectivity index (χ3n) is 4.69. The molecule has 2 heterocycles. The molecule has 3 rings (SSSR count). The summed E-state index contributed by atoms with van der Waals surface area (Å²) in [6.07, 6.45) is 0.557. The first-order valence-electron chi connectivity index (χ1n) is 8.28. The van der Waals surface area contributed by atoms with Gasteiger partial charge in [0.1, 0.15) is 5.75 Å². The minimum absolute atomic E-state index is 0.104. The molecule has 1 unspecified atom stereocenters. The first-order valence-corrected chi connectivity index (χ1v) is 11.2. The Kier molecular flexibility index (Phi) is 5.82. The van der Waals surface area contributed by atoms with Crippen molar-refractivity contribution < 1.29 is 17.9 Å². The first kappa shape index (κ1) is 20.5. The third-order valence-corrected chi connectivity index (χ3v) is 7.46. The second kappa shape index (κ2) is 7.66. The van der Waals surface area contributed by atoms with E-state index in [1.54, 1.807) is 6.07 Å². The van der Waals surface area contributed by atoms with E-state index in [0.717, 1.165) is 11.4 Å². The number of ketones is 1. The lowest BCUT2D eigenvalue weighted by atomic mass is 10.1. The Balaban J connectivity index is 1.78. The summed E-state index contributed by atoms with van der Waals surface area (Å²) >= 11 is 17.9. The number of ether oxygens (including phenoxy) is 1. The van der Waals surface area contributed by atoms with E-state index in [1.165, 1.54) is 12.1 Å². The third kappa shape index (κ3) is 4.29. The topological polar surface area (TPSA) is 65.4 Å². The number of nitrogens with zero attached hydrogens (tertiary/aromatic N) is 1. The molecule has 0 amide bonds. The molecule has 1 saturated heterocycles. The van der Waals surface area contributed by atoms with Gasteiger partial charge < -0.3 is 9.30 Å². The predicted molar refractivity (Wildman–Crippen MR) is 108 cm³/mol. The van der Waals surface area contributed by atoms with Gasteiger partial charge in [-0.25, -0.2) is 8.42 Å². The Bertz CT molecular complexity index is 1010. The van der Waals surface area contributed by atoms with Gasteiger partial charge >= 0.3 is 0 Å². The highest BCUT2D eigenvalue weighted by molar-refractivity contribution is 7.91. The first-order chi connectivity index (χ1) is 12.6. The fourth-order valence-corrected chi connectivity index (χ4v) is 5.73. The van der Waals surface area contributed by atoms with Gasteiger partial charge in [0.05, 0.1) is 26.6 Å². The van der Waals surface area contributed by atoms with Gasteiger partial charge in [-0.2, -0.15) is 0 Å². The van der Waals surface area contributed by atoms with E-state index < -0.39 is 9.84 Å². The Morgan fingerprint density at radius 3 is 2.44 bits per heavy atom. The van der Waals surface area contributed by atoms with Crippen LogP contribution < -0.4 is 4.74 Å². The zero-order valence-electron chi connectivity index (χ0n) is 14.8. The quantitative estimate of drug-likeness (QED) is 0.490. The number of carbonyl (C=O) groups is 1. The molecule has 0 bridgehead atoms. The molecule has 27 heavy (non-hydrogen) atoms. The van der Waals surface area contributed by atoms with E-state index in [4.69, 9.17) is 39.5 Å². The number of benzene rings is 1. The summed E-state index contributed by atoms with van der Waals surface area (Å²) in [5.74, 6) is 0.330. The van der Waals surface area contributed by atoms with Gasteiger partial charge in [-0.05, 0) is 32.4 Å². The van der Waals surface area contributed by atoms with Gasteiger partial charge in [0, 0.05) is 29.1 Å². The molecule has 1 aromatic carbocycles. The van der Waals surface area contributed by atoms with Crippen LogP contribution in [0.5, 0.6) is 5.75 Å². The van der Waals surface area contributed by atoms with Crippen LogP contribution in [0.2, 0.25) is 15.1 Å². The van der Waals surface area contributed by atoms with Crippen molar-refractivity contribution in [3.05, 3.63) is 50.2 Å². The molecule has 1 aliphatic heterocycles. The number of aryl methyl sites for hydroxylation is 1. The summed E-state index contributed by atoms with van der Waals surface area (Å²) in [6, 6.07) is 4.55. The number of Topliss-reactive ketones (excluding diaryl/α,β-unsaturated/α-hetero) is 1. The van der Waals surface area contributed by atoms with E-state index in [1.807, 2.05) is 18.4 Å². The Labute approximate surface area is 173 Å². The van der Waals surface area contributed by atoms with Crippen molar-refractivity contribution >= 4 is 50.4 Å². The maximum atomic E-state index is 12.7. The standard InChI is InChI=1S/C18H18Cl3NO4S/c1-10-5-13(11(2)22(10)12-3-4-27(24,25)9-12)17(23)8-26-18-7-15(20)14(19)6-16(18)21/h5-7,12H,3-4,8-9H2,1-2H3. The van der Waals surface area contributed by atoms with Crippen LogP contribution in [-0.2, 0) is 9.84 Å². The number of sulfone groups is 1. The second-order valence-electron chi connectivity index (χ2n) is 6.62. The van der Waals surface area contributed by atoms with E-state index in [-0.39, 0.29) is 45.7 Å². The maximum absolute atomic E-state index is 12.7. The monoisotopic (exact) mass is 449 g/mol. The molecule has 9 heteroatoms. The van der Waals surface area contributed by atoms with Gasteiger partial charge in [0.15, 0.2) is 16.4 Å². The summed E-state index contributed by atoms with van der Waals surface area (Å²) in [4.78, 5) is 12.7. The molecule has 1 fully saturated rings.